The first kappa shape index (κ1) is 16.2. The third-order valence-electron chi connectivity index (χ3n) is 3.02. The molecule has 1 aromatic heterocycles. The first-order valence-corrected chi connectivity index (χ1v) is 7.60. The molecule has 5 heteroatoms. The standard InChI is InChI=1S/C16H19Cl2NO2/c1-19(2)9-3-4-12-5-6-14(21-12)11-20-13-7-8-15(17)16(18)10-13/h5-8,10H,3-4,9,11H2,1-2H3. The number of nitrogens with zero attached hydrogens (tertiary/aromatic N) is 1. The summed E-state index contributed by atoms with van der Waals surface area (Å²) >= 11 is 11.8. The van der Waals surface area contributed by atoms with Crippen LogP contribution < -0.4 is 4.74 Å². The molecule has 0 saturated carbocycles. The number of ether oxygens (including phenoxy) is 1. The second-order valence-corrected chi connectivity index (χ2v) is 5.95. The van der Waals surface area contributed by atoms with E-state index in [1.165, 1.54) is 0 Å². The number of hydrogen-bond acceptors (Lipinski definition) is 3. The monoisotopic (exact) mass is 327 g/mol. The molecule has 0 N–H and O–H groups in total. The molecular weight excluding hydrogens is 309 g/mol. The summed E-state index contributed by atoms with van der Waals surface area (Å²) in [6.45, 7) is 1.43. The number of halogens is 2. The molecule has 21 heavy (non-hydrogen) atoms. The van der Waals surface area contributed by atoms with Crippen molar-refractivity contribution in [3.63, 3.8) is 0 Å². The predicted molar refractivity (Wildman–Crippen MR) is 86.4 cm³/mol. The Kier molecular flexibility index (Phi) is 5.97. The Morgan fingerprint density at radius 2 is 1.81 bits per heavy atom. The molecule has 1 aromatic carbocycles. The van der Waals surface area contributed by atoms with Crippen LogP contribution in [0.1, 0.15) is 17.9 Å². The second-order valence-electron chi connectivity index (χ2n) is 5.14. The summed E-state index contributed by atoms with van der Waals surface area (Å²) in [4.78, 5) is 2.16. The van der Waals surface area contributed by atoms with Gasteiger partial charge in [-0.05, 0) is 51.3 Å². The summed E-state index contributed by atoms with van der Waals surface area (Å²) in [5, 5.41) is 1.00. The zero-order valence-corrected chi connectivity index (χ0v) is 13.7. The molecule has 2 rings (SSSR count). The third-order valence-corrected chi connectivity index (χ3v) is 3.76. The average molecular weight is 328 g/mol. The molecule has 3 nitrogen and oxygen atoms in total. The zero-order chi connectivity index (χ0) is 15.2. The maximum Gasteiger partial charge on any atom is 0.146 e. The highest BCUT2D eigenvalue weighted by molar-refractivity contribution is 6.42. The molecule has 0 fully saturated rings. The summed E-state index contributed by atoms with van der Waals surface area (Å²) < 4.78 is 11.4. The van der Waals surface area contributed by atoms with Crippen molar-refractivity contribution in [3.8, 4) is 5.75 Å². The van der Waals surface area contributed by atoms with Crippen molar-refractivity contribution in [1.82, 2.24) is 4.90 Å². The second kappa shape index (κ2) is 7.74. The van der Waals surface area contributed by atoms with Gasteiger partial charge in [0, 0.05) is 12.5 Å². The summed E-state index contributed by atoms with van der Waals surface area (Å²) in [6.07, 6.45) is 2.01. The van der Waals surface area contributed by atoms with Crippen LogP contribution in [0.3, 0.4) is 0 Å². The lowest BCUT2D eigenvalue weighted by Gasteiger charge is -2.07. The van der Waals surface area contributed by atoms with Crippen LogP contribution in [0.15, 0.2) is 34.7 Å². The maximum absolute atomic E-state index is 5.94. The van der Waals surface area contributed by atoms with Gasteiger partial charge in [0.2, 0.25) is 0 Å². The summed E-state index contributed by atoms with van der Waals surface area (Å²) in [5.74, 6) is 2.47. The van der Waals surface area contributed by atoms with E-state index in [4.69, 9.17) is 32.4 Å². The quantitative estimate of drug-likeness (QED) is 0.739. The number of furan rings is 1. The van der Waals surface area contributed by atoms with Gasteiger partial charge in [-0.15, -0.1) is 0 Å². The van der Waals surface area contributed by atoms with Crippen LogP contribution in [0.25, 0.3) is 0 Å². The molecule has 0 spiro atoms. The number of aryl methyl sites for hydroxylation is 1. The van der Waals surface area contributed by atoms with Gasteiger partial charge in [-0.25, -0.2) is 0 Å². The molecule has 0 unspecified atom stereocenters. The van der Waals surface area contributed by atoms with E-state index in [0.29, 0.717) is 22.4 Å². The Labute approximate surface area is 135 Å². The summed E-state index contributed by atoms with van der Waals surface area (Å²) in [6, 6.07) is 9.15. The first-order chi connectivity index (χ1) is 10.0. The number of benzene rings is 1. The highest BCUT2D eigenvalue weighted by Crippen LogP contribution is 2.26. The van der Waals surface area contributed by atoms with Crippen LogP contribution in [0, 0.1) is 0 Å². The van der Waals surface area contributed by atoms with Crippen molar-refractivity contribution < 1.29 is 9.15 Å². The topological polar surface area (TPSA) is 25.6 Å². The van der Waals surface area contributed by atoms with E-state index in [1.807, 2.05) is 12.1 Å². The molecule has 0 aliphatic heterocycles. The van der Waals surface area contributed by atoms with Crippen LogP contribution in [-0.2, 0) is 13.0 Å². The minimum absolute atomic E-state index is 0.381. The molecular formula is C16H19Cl2NO2. The van der Waals surface area contributed by atoms with E-state index in [-0.39, 0.29) is 0 Å². The van der Waals surface area contributed by atoms with Crippen molar-refractivity contribution in [1.29, 1.82) is 0 Å². The molecule has 0 saturated heterocycles. The number of rotatable bonds is 7. The predicted octanol–water partition coefficient (Wildman–Crippen LogP) is 4.66. The maximum atomic E-state index is 5.94. The Morgan fingerprint density at radius 1 is 1.05 bits per heavy atom. The molecule has 0 aliphatic carbocycles. The average Bonchev–Trinajstić information content (AvgIpc) is 2.88. The van der Waals surface area contributed by atoms with Crippen LogP contribution in [0.5, 0.6) is 5.75 Å². The highest BCUT2D eigenvalue weighted by Gasteiger charge is 2.05. The fourth-order valence-corrected chi connectivity index (χ4v) is 2.21. The molecule has 0 aliphatic rings. The number of hydrogen-bond donors (Lipinski definition) is 0. The van der Waals surface area contributed by atoms with Gasteiger partial charge in [0.15, 0.2) is 0 Å². The van der Waals surface area contributed by atoms with Gasteiger partial charge in [-0.2, -0.15) is 0 Å². The van der Waals surface area contributed by atoms with Crippen molar-refractivity contribution in [2.24, 2.45) is 0 Å². The van der Waals surface area contributed by atoms with Crippen LogP contribution in [0.2, 0.25) is 10.0 Å². The van der Waals surface area contributed by atoms with Crippen LogP contribution in [-0.4, -0.2) is 25.5 Å². The van der Waals surface area contributed by atoms with E-state index in [9.17, 15) is 0 Å². The molecule has 0 amide bonds. The Bertz CT molecular complexity index is 581. The van der Waals surface area contributed by atoms with Gasteiger partial charge in [0.1, 0.15) is 23.9 Å². The molecule has 0 bridgehead atoms. The largest absolute Gasteiger partial charge is 0.486 e. The Hall–Kier alpha value is -1.16. The van der Waals surface area contributed by atoms with Crippen LogP contribution >= 0.6 is 23.2 Å². The van der Waals surface area contributed by atoms with Crippen LogP contribution in [0.4, 0.5) is 0 Å². The van der Waals surface area contributed by atoms with Gasteiger partial charge in [-0.1, -0.05) is 23.2 Å². The minimum Gasteiger partial charge on any atom is -0.486 e. The van der Waals surface area contributed by atoms with Crippen molar-refractivity contribution in [2.45, 2.75) is 19.4 Å². The van der Waals surface area contributed by atoms with Crippen molar-refractivity contribution in [2.75, 3.05) is 20.6 Å². The van der Waals surface area contributed by atoms with Gasteiger partial charge >= 0.3 is 0 Å². The van der Waals surface area contributed by atoms with E-state index in [0.717, 1.165) is 30.9 Å². The Balaban J connectivity index is 1.83. The molecule has 2 aromatic rings. The SMILES string of the molecule is CN(C)CCCc1ccc(COc2ccc(Cl)c(Cl)c2)o1. The van der Waals surface area contributed by atoms with E-state index in [1.54, 1.807) is 18.2 Å². The van der Waals surface area contributed by atoms with Gasteiger partial charge in [-0.3, -0.25) is 0 Å². The summed E-state index contributed by atoms with van der Waals surface area (Å²) in [7, 11) is 4.14. The van der Waals surface area contributed by atoms with E-state index in [2.05, 4.69) is 19.0 Å². The normalized spacial score (nSPS) is 11.1. The lowest BCUT2D eigenvalue weighted by molar-refractivity contribution is 0.265. The van der Waals surface area contributed by atoms with E-state index < -0.39 is 0 Å². The minimum atomic E-state index is 0.381. The fraction of sp³-hybridized carbons (Fsp3) is 0.375. The molecule has 114 valence electrons. The highest BCUT2D eigenvalue weighted by atomic mass is 35.5. The fourth-order valence-electron chi connectivity index (χ4n) is 1.92. The smallest absolute Gasteiger partial charge is 0.146 e. The van der Waals surface area contributed by atoms with Crippen molar-refractivity contribution in [3.05, 3.63) is 51.9 Å². The van der Waals surface area contributed by atoms with Gasteiger partial charge in [0.25, 0.3) is 0 Å². The molecule has 1 heterocycles. The van der Waals surface area contributed by atoms with Gasteiger partial charge in [0.05, 0.1) is 10.0 Å². The van der Waals surface area contributed by atoms with Crippen molar-refractivity contribution >= 4 is 23.2 Å². The summed E-state index contributed by atoms with van der Waals surface area (Å²) in [5.41, 5.74) is 0. The lowest BCUT2D eigenvalue weighted by Crippen LogP contribution is -2.13. The molecule has 0 radical (unpaired) electrons. The zero-order valence-electron chi connectivity index (χ0n) is 12.2. The molecule has 0 atom stereocenters. The van der Waals surface area contributed by atoms with E-state index >= 15 is 0 Å². The Morgan fingerprint density at radius 3 is 2.52 bits per heavy atom. The lowest BCUT2D eigenvalue weighted by atomic mass is 10.2. The third kappa shape index (κ3) is 5.27. The first-order valence-electron chi connectivity index (χ1n) is 6.85. The van der Waals surface area contributed by atoms with Gasteiger partial charge < -0.3 is 14.1 Å².